The molecule has 0 spiro atoms. The van der Waals surface area contributed by atoms with E-state index in [1.54, 1.807) is 24.3 Å². The van der Waals surface area contributed by atoms with Crippen LogP contribution in [0.25, 0.3) is 11.0 Å². The molecule has 4 rings (SSSR count). The first-order valence-electron chi connectivity index (χ1n) is 9.55. The average Bonchev–Trinajstić information content (AvgIpc) is 3.34. The number of amides is 2. The number of H-pyrrole nitrogens is 1. The Hall–Kier alpha value is -2.97. The highest BCUT2D eigenvalue weighted by Crippen LogP contribution is 2.18. The molecule has 1 saturated heterocycles. The van der Waals surface area contributed by atoms with E-state index in [0.717, 1.165) is 0 Å². The van der Waals surface area contributed by atoms with Crippen LogP contribution in [0.1, 0.15) is 22.5 Å². The molecule has 3 aromatic rings. The minimum atomic E-state index is -0.865. The molecule has 1 aromatic carbocycles. The van der Waals surface area contributed by atoms with E-state index < -0.39 is 18.1 Å². The fourth-order valence-corrected chi connectivity index (χ4v) is 3.73. The molecular formula is C21H20ClFN4O3. The molecule has 2 aromatic heterocycles. The first-order chi connectivity index (χ1) is 14.4. The van der Waals surface area contributed by atoms with E-state index in [-0.39, 0.29) is 30.4 Å². The monoisotopic (exact) mass is 430 g/mol. The number of hydrogen-bond acceptors (Lipinski definition) is 4. The average molecular weight is 431 g/mol. The predicted octanol–water partition coefficient (Wildman–Crippen LogP) is 2.29. The molecular weight excluding hydrogens is 411 g/mol. The molecule has 2 atom stereocenters. The van der Waals surface area contributed by atoms with Crippen molar-refractivity contribution >= 4 is 34.4 Å². The number of β-amino-alcohol motifs (C(OH)–C–C–N with tert-alkyl or cyclic N) is 1. The minimum absolute atomic E-state index is 0.196. The Balaban J connectivity index is 1.56. The zero-order valence-corrected chi connectivity index (χ0v) is 16.7. The maximum Gasteiger partial charge on any atom is 0.268 e. The molecule has 1 fully saturated rings. The summed E-state index contributed by atoms with van der Waals surface area (Å²) in [5, 5.41) is 13.7. The number of likely N-dealkylation sites (tertiary alicyclic amines) is 1. The summed E-state index contributed by atoms with van der Waals surface area (Å²) in [6.07, 6.45) is 1.60. The second-order valence-electron chi connectivity index (χ2n) is 7.36. The number of pyridine rings is 1. The van der Waals surface area contributed by atoms with E-state index >= 15 is 0 Å². The summed E-state index contributed by atoms with van der Waals surface area (Å²) in [4.78, 5) is 34.5. The van der Waals surface area contributed by atoms with Gasteiger partial charge in [0.05, 0.1) is 11.1 Å². The molecule has 0 aliphatic carbocycles. The lowest BCUT2D eigenvalue weighted by Crippen LogP contribution is -2.49. The van der Waals surface area contributed by atoms with Gasteiger partial charge < -0.3 is 20.3 Å². The van der Waals surface area contributed by atoms with Crippen LogP contribution in [0, 0.1) is 5.82 Å². The van der Waals surface area contributed by atoms with Crippen LogP contribution in [0.4, 0.5) is 4.39 Å². The Morgan fingerprint density at radius 1 is 1.33 bits per heavy atom. The van der Waals surface area contributed by atoms with Gasteiger partial charge in [-0.2, -0.15) is 0 Å². The summed E-state index contributed by atoms with van der Waals surface area (Å²) in [7, 11) is 0. The number of hydrogen-bond donors (Lipinski definition) is 3. The number of aliphatic hydroxyl groups is 1. The summed E-state index contributed by atoms with van der Waals surface area (Å²) >= 11 is 5.95. The smallest absolute Gasteiger partial charge is 0.268 e. The molecule has 0 saturated carbocycles. The number of nitrogens with zero attached hydrogens (tertiary/aromatic N) is 2. The largest absolute Gasteiger partial charge is 0.391 e. The van der Waals surface area contributed by atoms with Gasteiger partial charge >= 0.3 is 0 Å². The molecule has 1 unspecified atom stereocenters. The normalized spacial score (nSPS) is 17.3. The van der Waals surface area contributed by atoms with Crippen molar-refractivity contribution < 1.29 is 19.1 Å². The van der Waals surface area contributed by atoms with Crippen LogP contribution in [-0.2, 0) is 11.2 Å². The molecule has 30 heavy (non-hydrogen) atoms. The Bertz CT molecular complexity index is 1090. The highest BCUT2D eigenvalue weighted by molar-refractivity contribution is 6.31. The van der Waals surface area contributed by atoms with Crippen LogP contribution in [-0.4, -0.2) is 57.0 Å². The number of halogens is 2. The summed E-state index contributed by atoms with van der Waals surface area (Å²) < 4.78 is 13.2. The van der Waals surface area contributed by atoms with Crippen molar-refractivity contribution in [1.29, 1.82) is 0 Å². The fourth-order valence-electron chi connectivity index (χ4n) is 3.57. The van der Waals surface area contributed by atoms with Gasteiger partial charge in [-0.15, -0.1) is 0 Å². The van der Waals surface area contributed by atoms with E-state index in [2.05, 4.69) is 15.3 Å². The quantitative estimate of drug-likeness (QED) is 0.578. The number of rotatable bonds is 5. The Morgan fingerprint density at radius 2 is 2.10 bits per heavy atom. The van der Waals surface area contributed by atoms with Crippen LogP contribution < -0.4 is 5.32 Å². The van der Waals surface area contributed by atoms with E-state index in [1.165, 1.54) is 23.2 Å². The van der Waals surface area contributed by atoms with Gasteiger partial charge in [-0.25, -0.2) is 9.37 Å². The molecule has 9 heteroatoms. The van der Waals surface area contributed by atoms with Crippen molar-refractivity contribution in [2.45, 2.75) is 25.0 Å². The lowest BCUT2D eigenvalue weighted by molar-refractivity contribution is -0.132. The SMILES string of the molecule is O=C(N[C@@H](Cc1ccc(F)cc1)C(=O)N1CCC(O)C1)c1cc2cc(Cl)cnc2[nH]1. The first-order valence-corrected chi connectivity index (χ1v) is 9.93. The van der Waals surface area contributed by atoms with Crippen LogP contribution in [0.3, 0.4) is 0 Å². The molecule has 7 nitrogen and oxygen atoms in total. The van der Waals surface area contributed by atoms with Crippen molar-refractivity contribution in [3.05, 3.63) is 64.7 Å². The van der Waals surface area contributed by atoms with Crippen LogP contribution in [0.2, 0.25) is 5.02 Å². The first kappa shape index (κ1) is 20.3. The highest BCUT2D eigenvalue weighted by Gasteiger charge is 2.31. The van der Waals surface area contributed by atoms with Crippen LogP contribution >= 0.6 is 11.6 Å². The van der Waals surface area contributed by atoms with Gasteiger partial charge in [-0.05, 0) is 36.2 Å². The zero-order chi connectivity index (χ0) is 21.3. The molecule has 2 amide bonds. The minimum Gasteiger partial charge on any atom is -0.391 e. The van der Waals surface area contributed by atoms with Crippen molar-refractivity contribution in [3.8, 4) is 0 Å². The van der Waals surface area contributed by atoms with E-state index in [4.69, 9.17) is 11.6 Å². The predicted molar refractivity (Wildman–Crippen MR) is 110 cm³/mol. The van der Waals surface area contributed by atoms with E-state index in [0.29, 0.717) is 34.6 Å². The van der Waals surface area contributed by atoms with Crippen LogP contribution in [0.15, 0.2) is 42.6 Å². The van der Waals surface area contributed by atoms with Crippen molar-refractivity contribution in [1.82, 2.24) is 20.2 Å². The fraction of sp³-hybridized carbons (Fsp3) is 0.286. The van der Waals surface area contributed by atoms with Gasteiger partial charge in [0.25, 0.3) is 5.91 Å². The number of aromatic amines is 1. The van der Waals surface area contributed by atoms with Gasteiger partial charge in [0.2, 0.25) is 5.91 Å². The number of carbonyl (C=O) groups excluding carboxylic acids is 2. The molecule has 156 valence electrons. The summed E-state index contributed by atoms with van der Waals surface area (Å²) in [5.41, 5.74) is 1.46. The summed E-state index contributed by atoms with van der Waals surface area (Å²) in [6.45, 7) is 0.647. The molecule has 3 N–H and O–H groups in total. The van der Waals surface area contributed by atoms with Crippen molar-refractivity contribution in [3.63, 3.8) is 0 Å². The number of aliphatic hydroxyl groups excluding tert-OH is 1. The standard InChI is InChI=1S/C21H20ClFN4O3/c22-14-8-13-9-17(25-19(13)24-10-14)20(29)26-18(7-12-1-3-15(23)4-2-12)21(30)27-6-5-16(28)11-27/h1-4,8-10,16,18,28H,5-7,11H2,(H,24,25)(H,26,29)/t16?,18-/m0/s1. The summed E-state index contributed by atoms with van der Waals surface area (Å²) in [6, 6.07) is 8.21. The Kier molecular flexibility index (Phi) is 5.69. The third-order valence-electron chi connectivity index (χ3n) is 5.11. The number of benzene rings is 1. The number of carbonyl (C=O) groups is 2. The number of fused-ring (bicyclic) bond motifs is 1. The van der Waals surface area contributed by atoms with Gasteiger partial charge in [0.1, 0.15) is 23.2 Å². The van der Waals surface area contributed by atoms with Gasteiger partial charge in [-0.3, -0.25) is 9.59 Å². The van der Waals surface area contributed by atoms with Gasteiger partial charge in [0.15, 0.2) is 0 Å². The maximum absolute atomic E-state index is 13.2. The Labute approximate surface area is 176 Å². The molecule has 0 bridgehead atoms. The molecule has 0 radical (unpaired) electrons. The van der Waals surface area contributed by atoms with E-state index in [1.807, 2.05) is 0 Å². The maximum atomic E-state index is 13.2. The van der Waals surface area contributed by atoms with Crippen LogP contribution in [0.5, 0.6) is 0 Å². The van der Waals surface area contributed by atoms with E-state index in [9.17, 15) is 19.1 Å². The highest BCUT2D eigenvalue weighted by atomic mass is 35.5. The number of nitrogens with one attached hydrogen (secondary N) is 2. The lowest BCUT2D eigenvalue weighted by Gasteiger charge is -2.24. The Morgan fingerprint density at radius 3 is 2.80 bits per heavy atom. The van der Waals surface area contributed by atoms with Gasteiger partial charge in [0, 0.05) is 31.1 Å². The molecule has 1 aliphatic rings. The molecule has 1 aliphatic heterocycles. The van der Waals surface area contributed by atoms with Crippen molar-refractivity contribution in [2.24, 2.45) is 0 Å². The summed E-state index contributed by atoms with van der Waals surface area (Å²) in [5.74, 6) is -1.14. The lowest BCUT2D eigenvalue weighted by atomic mass is 10.0. The molecule has 3 heterocycles. The second kappa shape index (κ2) is 8.41. The third kappa shape index (κ3) is 4.44. The van der Waals surface area contributed by atoms with Crippen molar-refractivity contribution in [2.75, 3.05) is 13.1 Å². The second-order valence-corrected chi connectivity index (χ2v) is 7.79. The topological polar surface area (TPSA) is 98.3 Å². The van der Waals surface area contributed by atoms with Gasteiger partial charge in [-0.1, -0.05) is 23.7 Å². The zero-order valence-electron chi connectivity index (χ0n) is 15.9. The number of aromatic nitrogens is 2. The third-order valence-corrected chi connectivity index (χ3v) is 5.32.